The predicted octanol–water partition coefficient (Wildman–Crippen LogP) is 3.72. The second kappa shape index (κ2) is 9.77. The van der Waals surface area contributed by atoms with Crippen LogP contribution in [0.2, 0.25) is 0 Å². The maximum Gasteiger partial charge on any atom is 0.254 e. The fraction of sp³-hybridized carbons (Fsp3) is 0.321. The van der Waals surface area contributed by atoms with Crippen molar-refractivity contribution in [1.82, 2.24) is 9.80 Å². The maximum absolute atomic E-state index is 13.1. The molecule has 5 nitrogen and oxygen atoms in total. The number of nitrogens with one attached hydrogen (secondary N) is 1. The summed E-state index contributed by atoms with van der Waals surface area (Å²) in [6.07, 6.45) is 1.28. The molecule has 5 heteroatoms. The van der Waals surface area contributed by atoms with E-state index < -0.39 is 6.10 Å². The lowest BCUT2D eigenvalue weighted by molar-refractivity contribution is 0.0493. The molecule has 0 bridgehead atoms. The lowest BCUT2D eigenvalue weighted by Gasteiger charge is -2.34. The van der Waals surface area contributed by atoms with Gasteiger partial charge >= 0.3 is 0 Å². The Labute approximate surface area is 195 Å². The summed E-state index contributed by atoms with van der Waals surface area (Å²) in [5.74, 6) is 0.0221. The third kappa shape index (κ3) is 5.10. The monoisotopic (exact) mass is 441 g/mol. The van der Waals surface area contributed by atoms with Gasteiger partial charge < -0.3 is 15.3 Å². The zero-order valence-electron chi connectivity index (χ0n) is 18.9. The second-order valence-electron chi connectivity index (χ2n) is 9.12. The molecule has 1 atom stereocenters. The average molecular weight is 442 g/mol. The summed E-state index contributed by atoms with van der Waals surface area (Å²) in [5.41, 5.74) is 6.84. The van der Waals surface area contributed by atoms with E-state index >= 15 is 0 Å². The van der Waals surface area contributed by atoms with Crippen LogP contribution in [0.1, 0.15) is 32.6 Å². The first-order valence-electron chi connectivity index (χ1n) is 11.8. The van der Waals surface area contributed by atoms with Crippen LogP contribution in [0.25, 0.3) is 0 Å². The van der Waals surface area contributed by atoms with Gasteiger partial charge in [0.05, 0.1) is 6.10 Å². The van der Waals surface area contributed by atoms with Gasteiger partial charge in [-0.1, -0.05) is 54.6 Å². The highest BCUT2D eigenvalue weighted by Gasteiger charge is 2.27. The van der Waals surface area contributed by atoms with E-state index in [9.17, 15) is 9.90 Å². The number of rotatable bonds is 7. The molecule has 3 aromatic rings. The summed E-state index contributed by atoms with van der Waals surface area (Å²) in [6, 6.07) is 24.8. The molecule has 2 heterocycles. The van der Waals surface area contributed by atoms with E-state index in [1.54, 1.807) is 0 Å². The molecule has 0 fully saturated rings. The first-order valence-corrected chi connectivity index (χ1v) is 11.8. The number of anilines is 1. The van der Waals surface area contributed by atoms with E-state index in [0.717, 1.165) is 49.3 Å². The predicted molar refractivity (Wildman–Crippen MR) is 131 cm³/mol. The second-order valence-corrected chi connectivity index (χ2v) is 9.12. The molecule has 2 N–H and O–H groups in total. The summed E-state index contributed by atoms with van der Waals surface area (Å²) >= 11 is 0. The Hall–Kier alpha value is -3.15. The standard InChI is InChI=1S/C28H31N3O2/c32-26(19-30-14-12-22-8-4-5-9-24(22)18-30)20-31-15-13-23-16-25(10-11-27(23)28(31)33)29-17-21-6-2-1-3-7-21/h1-11,16,26,29,32H,12-15,17-20H2. The third-order valence-corrected chi connectivity index (χ3v) is 6.72. The van der Waals surface area contributed by atoms with Crippen molar-refractivity contribution in [3.8, 4) is 0 Å². The molecular weight excluding hydrogens is 410 g/mol. The van der Waals surface area contributed by atoms with Gasteiger partial charge in [0.2, 0.25) is 0 Å². The molecule has 2 aliphatic rings. The highest BCUT2D eigenvalue weighted by atomic mass is 16.3. The Morgan fingerprint density at radius 1 is 0.848 bits per heavy atom. The number of β-amino-alcohol motifs (C(OH)–C–C–N with tert-alkyl or cyclic N) is 1. The summed E-state index contributed by atoms with van der Waals surface area (Å²) < 4.78 is 0. The Balaban J connectivity index is 1.16. The Kier molecular flexibility index (Phi) is 6.42. The topological polar surface area (TPSA) is 55.8 Å². The van der Waals surface area contributed by atoms with Crippen LogP contribution in [0.3, 0.4) is 0 Å². The summed E-state index contributed by atoms with van der Waals surface area (Å²) in [4.78, 5) is 17.2. The van der Waals surface area contributed by atoms with Gasteiger partial charge in [0.25, 0.3) is 5.91 Å². The van der Waals surface area contributed by atoms with Crippen LogP contribution < -0.4 is 5.32 Å². The number of carbonyl (C=O) groups excluding carboxylic acids is 1. The van der Waals surface area contributed by atoms with Crippen molar-refractivity contribution in [3.63, 3.8) is 0 Å². The van der Waals surface area contributed by atoms with Gasteiger partial charge in [-0.25, -0.2) is 0 Å². The van der Waals surface area contributed by atoms with Crippen molar-refractivity contribution in [2.75, 3.05) is 31.5 Å². The molecule has 3 aromatic carbocycles. The molecule has 170 valence electrons. The zero-order valence-corrected chi connectivity index (χ0v) is 18.9. The minimum absolute atomic E-state index is 0.0221. The van der Waals surface area contributed by atoms with E-state index in [1.807, 2.05) is 35.2 Å². The first kappa shape index (κ1) is 21.7. The molecule has 0 saturated heterocycles. The van der Waals surface area contributed by atoms with Crippen molar-refractivity contribution in [2.24, 2.45) is 0 Å². The van der Waals surface area contributed by atoms with Crippen LogP contribution >= 0.6 is 0 Å². The number of fused-ring (bicyclic) bond motifs is 2. The number of benzene rings is 3. The molecule has 1 amide bonds. The Morgan fingerprint density at radius 3 is 2.45 bits per heavy atom. The molecule has 0 spiro atoms. The number of aliphatic hydroxyl groups excluding tert-OH is 1. The fourth-order valence-corrected chi connectivity index (χ4v) is 4.94. The normalized spacial score (nSPS) is 16.8. The number of nitrogens with zero attached hydrogens (tertiary/aromatic N) is 2. The van der Waals surface area contributed by atoms with Crippen LogP contribution in [0, 0.1) is 0 Å². The van der Waals surface area contributed by atoms with Crippen molar-refractivity contribution in [2.45, 2.75) is 32.0 Å². The lowest BCUT2D eigenvalue weighted by Crippen LogP contribution is -2.46. The van der Waals surface area contributed by atoms with Crippen LogP contribution in [0.5, 0.6) is 0 Å². The van der Waals surface area contributed by atoms with Crippen LogP contribution in [-0.2, 0) is 25.9 Å². The number of aliphatic hydroxyl groups is 1. The van der Waals surface area contributed by atoms with Crippen molar-refractivity contribution < 1.29 is 9.90 Å². The van der Waals surface area contributed by atoms with Gasteiger partial charge in [-0.3, -0.25) is 9.69 Å². The van der Waals surface area contributed by atoms with Gasteiger partial charge in [-0.2, -0.15) is 0 Å². The Morgan fingerprint density at radius 2 is 1.61 bits per heavy atom. The maximum atomic E-state index is 13.1. The van der Waals surface area contributed by atoms with Gasteiger partial charge in [-0.05, 0) is 53.3 Å². The number of hydrogen-bond donors (Lipinski definition) is 2. The van der Waals surface area contributed by atoms with Gasteiger partial charge in [0, 0.05) is 50.5 Å². The quantitative estimate of drug-likeness (QED) is 0.587. The largest absolute Gasteiger partial charge is 0.390 e. The molecule has 0 saturated carbocycles. The smallest absolute Gasteiger partial charge is 0.254 e. The minimum atomic E-state index is -0.549. The van der Waals surface area contributed by atoms with E-state index in [2.05, 4.69) is 52.7 Å². The minimum Gasteiger partial charge on any atom is -0.390 e. The summed E-state index contributed by atoms with van der Waals surface area (Å²) in [5, 5.41) is 14.2. The van der Waals surface area contributed by atoms with Gasteiger partial charge in [-0.15, -0.1) is 0 Å². The van der Waals surface area contributed by atoms with Crippen LogP contribution in [-0.4, -0.2) is 53.1 Å². The van der Waals surface area contributed by atoms with E-state index in [0.29, 0.717) is 19.6 Å². The Bertz CT molecular complexity index is 1120. The first-order chi connectivity index (χ1) is 16.2. The highest BCUT2D eigenvalue weighted by Crippen LogP contribution is 2.24. The van der Waals surface area contributed by atoms with Crippen LogP contribution in [0.4, 0.5) is 5.69 Å². The van der Waals surface area contributed by atoms with E-state index in [4.69, 9.17) is 0 Å². The van der Waals surface area contributed by atoms with Crippen molar-refractivity contribution in [1.29, 1.82) is 0 Å². The van der Waals surface area contributed by atoms with Crippen molar-refractivity contribution >= 4 is 11.6 Å². The van der Waals surface area contributed by atoms with E-state index in [1.165, 1.54) is 16.7 Å². The lowest BCUT2D eigenvalue weighted by atomic mass is 9.97. The molecule has 2 aliphatic heterocycles. The van der Waals surface area contributed by atoms with Gasteiger partial charge in [0.1, 0.15) is 0 Å². The van der Waals surface area contributed by atoms with Crippen LogP contribution in [0.15, 0.2) is 72.8 Å². The molecule has 0 aliphatic carbocycles. The molecule has 0 aromatic heterocycles. The number of amides is 1. The summed E-state index contributed by atoms with van der Waals surface area (Å²) in [6.45, 7) is 4.19. The molecule has 33 heavy (non-hydrogen) atoms. The fourth-order valence-electron chi connectivity index (χ4n) is 4.94. The molecule has 0 radical (unpaired) electrons. The van der Waals surface area contributed by atoms with E-state index in [-0.39, 0.29) is 5.91 Å². The number of hydrogen-bond acceptors (Lipinski definition) is 4. The highest BCUT2D eigenvalue weighted by molar-refractivity contribution is 5.97. The molecule has 1 unspecified atom stereocenters. The average Bonchev–Trinajstić information content (AvgIpc) is 2.85. The number of carbonyl (C=O) groups is 1. The molecule has 5 rings (SSSR count). The van der Waals surface area contributed by atoms with Gasteiger partial charge in [0.15, 0.2) is 0 Å². The molecular formula is C28H31N3O2. The van der Waals surface area contributed by atoms with Crippen molar-refractivity contribution in [3.05, 3.63) is 101 Å². The zero-order chi connectivity index (χ0) is 22.6. The third-order valence-electron chi connectivity index (χ3n) is 6.72. The SMILES string of the molecule is O=C1c2ccc(NCc3ccccc3)cc2CCN1CC(O)CN1CCc2ccccc2C1. The summed E-state index contributed by atoms with van der Waals surface area (Å²) in [7, 11) is 0.